The van der Waals surface area contributed by atoms with Crippen molar-refractivity contribution in [2.75, 3.05) is 29.1 Å². The van der Waals surface area contributed by atoms with Crippen LogP contribution in [0.1, 0.15) is 36.8 Å². The zero-order chi connectivity index (χ0) is 23.5. The van der Waals surface area contributed by atoms with Gasteiger partial charge in [0.1, 0.15) is 0 Å². The minimum atomic E-state index is -4.40. The summed E-state index contributed by atoms with van der Waals surface area (Å²) in [5.74, 6) is 0.909. The fourth-order valence-electron chi connectivity index (χ4n) is 3.07. The summed E-state index contributed by atoms with van der Waals surface area (Å²) in [6, 6.07) is 14.5. The Bertz CT molecular complexity index is 1000. The number of anilines is 4. The molecule has 0 spiro atoms. The van der Waals surface area contributed by atoms with Crippen LogP contribution in [0, 0.1) is 0 Å². The first-order chi connectivity index (χ1) is 15.9. The monoisotopic (exact) mass is 460 g/mol. The smallest absolute Gasteiger partial charge is 0.396 e. The minimum absolute atomic E-state index is 0.124. The van der Waals surface area contributed by atoms with E-state index in [1.54, 1.807) is 6.07 Å². The van der Waals surface area contributed by atoms with Gasteiger partial charge in [-0.1, -0.05) is 43.2 Å². The van der Waals surface area contributed by atoms with E-state index in [0.717, 1.165) is 43.5 Å². The molecular weight excluding hydrogens is 433 g/mol. The standard InChI is InChI=1S/C23H27F3N6O/c24-23(25,26)18-10-8-9-17(15-18)16-28-21-30-20(27-13-6-1-2-7-14-33)31-22(32-21)29-19-11-4-3-5-12-19/h3-5,8-12,15,33H,1-2,6-7,13-14,16H2,(H3,27,28,29,30,31,32). The summed E-state index contributed by atoms with van der Waals surface area (Å²) in [5.41, 5.74) is 0.552. The van der Waals surface area contributed by atoms with Gasteiger partial charge in [-0.3, -0.25) is 0 Å². The lowest BCUT2D eigenvalue weighted by atomic mass is 10.1. The molecule has 0 aliphatic heterocycles. The van der Waals surface area contributed by atoms with Gasteiger partial charge < -0.3 is 21.1 Å². The van der Waals surface area contributed by atoms with E-state index >= 15 is 0 Å². The second kappa shape index (κ2) is 12.0. The highest BCUT2D eigenvalue weighted by atomic mass is 19.4. The van der Waals surface area contributed by atoms with E-state index in [1.165, 1.54) is 6.07 Å². The second-order valence-corrected chi connectivity index (χ2v) is 7.41. The molecule has 4 N–H and O–H groups in total. The predicted molar refractivity (Wildman–Crippen MR) is 122 cm³/mol. The number of benzene rings is 2. The van der Waals surface area contributed by atoms with Crippen molar-refractivity contribution < 1.29 is 18.3 Å². The van der Waals surface area contributed by atoms with Gasteiger partial charge in [-0.25, -0.2) is 0 Å². The summed E-state index contributed by atoms with van der Waals surface area (Å²) in [4.78, 5) is 13.1. The molecule has 7 nitrogen and oxygen atoms in total. The topological polar surface area (TPSA) is 95.0 Å². The maximum Gasteiger partial charge on any atom is 0.416 e. The third-order valence-electron chi connectivity index (χ3n) is 4.74. The average Bonchev–Trinajstić information content (AvgIpc) is 2.80. The molecule has 0 atom stereocenters. The highest BCUT2D eigenvalue weighted by Gasteiger charge is 2.30. The average molecular weight is 461 g/mol. The van der Waals surface area contributed by atoms with Crippen LogP contribution in [-0.2, 0) is 12.7 Å². The van der Waals surface area contributed by atoms with Gasteiger partial charge in [0, 0.05) is 25.4 Å². The maximum atomic E-state index is 13.0. The molecule has 3 aromatic rings. The lowest BCUT2D eigenvalue weighted by molar-refractivity contribution is -0.137. The summed E-state index contributed by atoms with van der Waals surface area (Å²) in [6.45, 7) is 0.961. The Labute approximate surface area is 190 Å². The Hall–Kier alpha value is -3.40. The van der Waals surface area contributed by atoms with Crippen LogP contribution in [0.25, 0.3) is 0 Å². The molecule has 0 saturated carbocycles. The Kier molecular flexibility index (Phi) is 8.82. The molecule has 176 valence electrons. The van der Waals surface area contributed by atoms with E-state index < -0.39 is 11.7 Å². The first-order valence-corrected chi connectivity index (χ1v) is 10.8. The molecular formula is C23H27F3N6O. The van der Waals surface area contributed by atoms with Crippen molar-refractivity contribution in [2.24, 2.45) is 0 Å². The number of nitrogens with zero attached hydrogens (tertiary/aromatic N) is 3. The highest BCUT2D eigenvalue weighted by molar-refractivity contribution is 5.55. The molecule has 0 bridgehead atoms. The number of aromatic nitrogens is 3. The molecule has 0 aliphatic carbocycles. The molecule has 0 amide bonds. The van der Waals surface area contributed by atoms with Crippen LogP contribution in [-0.4, -0.2) is 33.2 Å². The van der Waals surface area contributed by atoms with Gasteiger partial charge >= 0.3 is 6.18 Å². The van der Waals surface area contributed by atoms with E-state index in [9.17, 15) is 13.2 Å². The van der Waals surface area contributed by atoms with Gasteiger partial charge in [-0.05, 0) is 42.7 Å². The number of nitrogens with one attached hydrogen (secondary N) is 3. The second-order valence-electron chi connectivity index (χ2n) is 7.41. The number of alkyl halides is 3. The molecule has 1 aromatic heterocycles. The molecule has 0 radical (unpaired) electrons. The number of para-hydroxylation sites is 1. The SMILES string of the molecule is OCCCCCCNc1nc(NCc2cccc(C(F)(F)F)c2)nc(Nc2ccccc2)n1. The molecule has 0 aliphatic rings. The van der Waals surface area contributed by atoms with Crippen LogP contribution in [0.5, 0.6) is 0 Å². The third kappa shape index (κ3) is 8.23. The van der Waals surface area contributed by atoms with Crippen molar-refractivity contribution in [3.05, 3.63) is 65.7 Å². The summed E-state index contributed by atoms with van der Waals surface area (Å²) in [5, 5.41) is 18.1. The summed E-state index contributed by atoms with van der Waals surface area (Å²) in [7, 11) is 0. The first-order valence-electron chi connectivity index (χ1n) is 10.8. The fourth-order valence-corrected chi connectivity index (χ4v) is 3.07. The summed E-state index contributed by atoms with van der Waals surface area (Å²) >= 11 is 0. The van der Waals surface area contributed by atoms with Crippen molar-refractivity contribution in [3.63, 3.8) is 0 Å². The molecule has 33 heavy (non-hydrogen) atoms. The minimum Gasteiger partial charge on any atom is -0.396 e. The normalized spacial score (nSPS) is 11.3. The number of hydrogen-bond acceptors (Lipinski definition) is 7. The van der Waals surface area contributed by atoms with Crippen LogP contribution < -0.4 is 16.0 Å². The van der Waals surface area contributed by atoms with Crippen LogP contribution in [0.4, 0.5) is 36.7 Å². The van der Waals surface area contributed by atoms with Gasteiger partial charge in [-0.15, -0.1) is 0 Å². The predicted octanol–water partition coefficient (Wildman–Crippen LogP) is 5.21. The zero-order valence-electron chi connectivity index (χ0n) is 18.1. The molecule has 0 saturated heterocycles. The number of hydrogen-bond donors (Lipinski definition) is 4. The Morgan fingerprint density at radius 1 is 0.758 bits per heavy atom. The molecule has 0 fully saturated rings. The summed E-state index contributed by atoms with van der Waals surface area (Å²) in [6.07, 6.45) is -0.820. The van der Waals surface area contributed by atoms with Crippen LogP contribution in [0.3, 0.4) is 0 Å². The van der Waals surface area contributed by atoms with Crippen molar-refractivity contribution >= 4 is 23.5 Å². The van der Waals surface area contributed by atoms with Crippen molar-refractivity contribution in [1.29, 1.82) is 0 Å². The Balaban J connectivity index is 1.70. The van der Waals surface area contributed by atoms with Gasteiger partial charge in [-0.2, -0.15) is 28.1 Å². The van der Waals surface area contributed by atoms with E-state index in [2.05, 4.69) is 30.9 Å². The Morgan fingerprint density at radius 2 is 1.45 bits per heavy atom. The quantitative estimate of drug-likeness (QED) is 0.276. The van der Waals surface area contributed by atoms with Crippen molar-refractivity contribution in [1.82, 2.24) is 15.0 Å². The lowest BCUT2D eigenvalue weighted by Gasteiger charge is -2.12. The Morgan fingerprint density at radius 3 is 2.18 bits per heavy atom. The number of aliphatic hydroxyl groups is 1. The van der Waals surface area contributed by atoms with Gasteiger partial charge in [0.15, 0.2) is 0 Å². The number of rotatable bonds is 12. The highest BCUT2D eigenvalue weighted by Crippen LogP contribution is 2.29. The largest absolute Gasteiger partial charge is 0.416 e. The molecule has 10 heteroatoms. The number of halogens is 3. The van der Waals surface area contributed by atoms with E-state index in [1.807, 2.05) is 30.3 Å². The van der Waals surface area contributed by atoms with Gasteiger partial charge in [0.2, 0.25) is 17.8 Å². The van der Waals surface area contributed by atoms with Crippen LogP contribution in [0.15, 0.2) is 54.6 Å². The van der Waals surface area contributed by atoms with Gasteiger partial charge in [0.25, 0.3) is 0 Å². The molecule has 1 heterocycles. The number of aliphatic hydroxyl groups excluding tert-OH is 1. The molecule has 3 rings (SSSR count). The zero-order valence-corrected chi connectivity index (χ0v) is 18.1. The maximum absolute atomic E-state index is 13.0. The summed E-state index contributed by atoms with van der Waals surface area (Å²) < 4.78 is 38.9. The van der Waals surface area contributed by atoms with E-state index in [4.69, 9.17) is 5.11 Å². The lowest BCUT2D eigenvalue weighted by Crippen LogP contribution is -2.12. The van der Waals surface area contributed by atoms with E-state index in [0.29, 0.717) is 24.0 Å². The van der Waals surface area contributed by atoms with Crippen molar-refractivity contribution in [3.8, 4) is 0 Å². The fraction of sp³-hybridized carbons (Fsp3) is 0.348. The number of unbranched alkanes of at least 4 members (excludes halogenated alkanes) is 3. The van der Waals surface area contributed by atoms with Crippen LogP contribution in [0.2, 0.25) is 0 Å². The molecule has 0 unspecified atom stereocenters. The van der Waals surface area contributed by atoms with Crippen LogP contribution >= 0.6 is 0 Å². The van der Waals surface area contributed by atoms with E-state index in [-0.39, 0.29) is 19.1 Å². The van der Waals surface area contributed by atoms with Gasteiger partial charge in [0.05, 0.1) is 5.56 Å². The van der Waals surface area contributed by atoms with Crippen molar-refractivity contribution in [2.45, 2.75) is 38.4 Å². The first kappa shape index (κ1) is 24.2. The molecule has 2 aromatic carbocycles. The third-order valence-corrected chi connectivity index (χ3v) is 4.74.